The molecule has 20 heavy (non-hydrogen) atoms. The highest BCUT2D eigenvalue weighted by atomic mass is 35.5. The van der Waals surface area contributed by atoms with E-state index in [0.717, 1.165) is 11.3 Å². The van der Waals surface area contributed by atoms with Gasteiger partial charge in [-0.2, -0.15) is 5.10 Å². The predicted octanol–water partition coefficient (Wildman–Crippen LogP) is 1.27. The van der Waals surface area contributed by atoms with Gasteiger partial charge in [-0.1, -0.05) is 18.5 Å². The van der Waals surface area contributed by atoms with Crippen LogP contribution in [0.3, 0.4) is 0 Å². The molecule has 1 heterocycles. The molecule has 1 amide bonds. The average Bonchev–Trinajstić information content (AvgIpc) is 2.97. The van der Waals surface area contributed by atoms with Gasteiger partial charge in [0.2, 0.25) is 5.91 Å². The summed E-state index contributed by atoms with van der Waals surface area (Å²) < 4.78 is 1.62. The van der Waals surface area contributed by atoms with Gasteiger partial charge in [-0.25, -0.2) is 9.67 Å². The highest BCUT2D eigenvalue weighted by Crippen LogP contribution is 2.19. The fourth-order valence-corrected chi connectivity index (χ4v) is 1.95. The first-order valence-corrected chi connectivity index (χ1v) is 6.66. The summed E-state index contributed by atoms with van der Waals surface area (Å²) in [5.41, 5.74) is 7.34. The third-order valence-corrected chi connectivity index (χ3v) is 3.17. The zero-order chi connectivity index (χ0) is 14.5. The molecule has 0 bridgehead atoms. The van der Waals surface area contributed by atoms with E-state index in [9.17, 15) is 4.79 Å². The van der Waals surface area contributed by atoms with Crippen molar-refractivity contribution in [2.75, 3.05) is 0 Å². The molecule has 106 valence electrons. The Morgan fingerprint density at radius 2 is 2.35 bits per heavy atom. The fourth-order valence-electron chi connectivity index (χ4n) is 1.75. The van der Waals surface area contributed by atoms with E-state index in [1.807, 2.05) is 13.0 Å². The molecule has 0 radical (unpaired) electrons. The summed E-state index contributed by atoms with van der Waals surface area (Å²) in [5, 5.41) is 7.47. The predicted molar refractivity (Wildman–Crippen MR) is 76.5 cm³/mol. The third-order valence-electron chi connectivity index (χ3n) is 2.94. The zero-order valence-corrected chi connectivity index (χ0v) is 11.8. The van der Waals surface area contributed by atoms with E-state index in [4.69, 9.17) is 17.3 Å². The minimum atomic E-state index is -0.496. The molecule has 0 aliphatic carbocycles. The van der Waals surface area contributed by atoms with Gasteiger partial charge in [0, 0.05) is 11.6 Å². The molecule has 1 aromatic carbocycles. The Hall–Kier alpha value is -1.92. The Balaban J connectivity index is 2.18. The first kappa shape index (κ1) is 14.5. The van der Waals surface area contributed by atoms with Crippen LogP contribution in [0.2, 0.25) is 5.02 Å². The van der Waals surface area contributed by atoms with Crippen molar-refractivity contribution in [3.8, 4) is 5.69 Å². The number of halogens is 1. The summed E-state index contributed by atoms with van der Waals surface area (Å²) in [5.74, 6) is -0.183. The number of hydrogen-bond acceptors (Lipinski definition) is 4. The molecule has 0 spiro atoms. The van der Waals surface area contributed by atoms with Crippen molar-refractivity contribution >= 4 is 17.5 Å². The topological polar surface area (TPSA) is 85.8 Å². The zero-order valence-electron chi connectivity index (χ0n) is 11.1. The maximum atomic E-state index is 11.7. The van der Waals surface area contributed by atoms with E-state index in [1.165, 1.54) is 6.33 Å². The fraction of sp³-hybridized carbons (Fsp3) is 0.308. The van der Waals surface area contributed by atoms with Gasteiger partial charge in [0.05, 0.1) is 11.7 Å². The van der Waals surface area contributed by atoms with Gasteiger partial charge >= 0.3 is 0 Å². The number of carbonyl (C=O) groups is 1. The largest absolute Gasteiger partial charge is 0.351 e. The number of nitrogens with one attached hydrogen (secondary N) is 1. The van der Waals surface area contributed by atoms with Crippen molar-refractivity contribution < 1.29 is 4.79 Å². The van der Waals surface area contributed by atoms with E-state index >= 15 is 0 Å². The first-order chi connectivity index (χ1) is 9.61. The molecule has 1 atom stereocenters. The number of nitrogens with two attached hydrogens (primary N) is 1. The molecule has 1 aromatic heterocycles. The van der Waals surface area contributed by atoms with Crippen LogP contribution in [0, 0.1) is 0 Å². The molecule has 2 rings (SSSR count). The molecule has 0 unspecified atom stereocenters. The number of aromatic nitrogens is 3. The molecule has 7 heteroatoms. The summed E-state index contributed by atoms with van der Waals surface area (Å²) in [6, 6.07) is 4.89. The number of hydrogen-bond donors (Lipinski definition) is 2. The normalized spacial score (nSPS) is 12.2. The van der Waals surface area contributed by atoms with Gasteiger partial charge in [0.1, 0.15) is 12.7 Å². The monoisotopic (exact) mass is 293 g/mol. The Labute approximate surface area is 121 Å². The summed E-state index contributed by atoms with van der Waals surface area (Å²) >= 11 is 6.00. The van der Waals surface area contributed by atoms with Gasteiger partial charge in [0.15, 0.2) is 0 Å². The van der Waals surface area contributed by atoms with Crippen LogP contribution in [0.5, 0.6) is 0 Å². The number of carbonyl (C=O) groups excluding carboxylic acids is 1. The van der Waals surface area contributed by atoms with Crippen molar-refractivity contribution in [3.63, 3.8) is 0 Å². The van der Waals surface area contributed by atoms with Gasteiger partial charge < -0.3 is 11.1 Å². The summed E-state index contributed by atoms with van der Waals surface area (Å²) in [4.78, 5) is 15.6. The van der Waals surface area contributed by atoms with E-state index in [1.54, 1.807) is 23.1 Å². The van der Waals surface area contributed by atoms with Crippen molar-refractivity contribution in [1.29, 1.82) is 0 Å². The smallest absolute Gasteiger partial charge is 0.237 e. The van der Waals surface area contributed by atoms with Gasteiger partial charge in [-0.15, -0.1) is 0 Å². The van der Waals surface area contributed by atoms with E-state index in [-0.39, 0.29) is 5.91 Å². The Kier molecular flexibility index (Phi) is 4.70. The van der Waals surface area contributed by atoms with Crippen LogP contribution in [0.25, 0.3) is 5.69 Å². The second-order valence-electron chi connectivity index (χ2n) is 4.35. The van der Waals surface area contributed by atoms with Crippen LogP contribution in [-0.4, -0.2) is 26.7 Å². The molecule has 2 aromatic rings. The van der Waals surface area contributed by atoms with Gasteiger partial charge in [-0.05, 0) is 30.2 Å². The average molecular weight is 294 g/mol. The van der Waals surface area contributed by atoms with Crippen LogP contribution in [0.15, 0.2) is 30.9 Å². The lowest BCUT2D eigenvalue weighted by Crippen LogP contribution is -2.39. The SMILES string of the molecule is CC[C@H](N)C(=O)NCc1cc(Cl)ccc1-n1cncn1. The van der Waals surface area contributed by atoms with Crippen molar-refractivity contribution in [2.45, 2.75) is 25.9 Å². The second-order valence-corrected chi connectivity index (χ2v) is 4.78. The maximum absolute atomic E-state index is 11.7. The summed E-state index contributed by atoms with van der Waals surface area (Å²) in [6.07, 6.45) is 3.63. The lowest BCUT2D eigenvalue weighted by atomic mass is 10.1. The van der Waals surface area contributed by atoms with Gasteiger partial charge in [-0.3, -0.25) is 4.79 Å². The Bertz CT molecular complexity index is 584. The van der Waals surface area contributed by atoms with Crippen molar-refractivity contribution in [2.24, 2.45) is 5.73 Å². The Morgan fingerprint density at radius 1 is 1.55 bits per heavy atom. The van der Waals surface area contributed by atoms with Crippen LogP contribution < -0.4 is 11.1 Å². The highest BCUT2D eigenvalue weighted by molar-refractivity contribution is 6.30. The number of nitrogens with zero attached hydrogens (tertiary/aromatic N) is 3. The third kappa shape index (κ3) is 3.34. The minimum Gasteiger partial charge on any atom is -0.351 e. The molecule has 3 N–H and O–H groups in total. The molecule has 0 aliphatic heterocycles. The standard InChI is InChI=1S/C13H16ClN5O/c1-2-11(15)13(20)17-6-9-5-10(14)3-4-12(9)19-8-16-7-18-19/h3-5,7-8,11H,2,6,15H2,1H3,(H,17,20)/t11-/m0/s1. The van der Waals surface area contributed by atoms with Crippen LogP contribution in [0.1, 0.15) is 18.9 Å². The minimum absolute atomic E-state index is 0.183. The van der Waals surface area contributed by atoms with E-state index < -0.39 is 6.04 Å². The highest BCUT2D eigenvalue weighted by Gasteiger charge is 2.12. The molecule has 0 fully saturated rings. The van der Waals surface area contributed by atoms with Crippen molar-refractivity contribution in [1.82, 2.24) is 20.1 Å². The maximum Gasteiger partial charge on any atom is 0.237 e. The molecule has 0 saturated heterocycles. The van der Waals surface area contributed by atoms with Crippen molar-refractivity contribution in [3.05, 3.63) is 41.4 Å². The second kappa shape index (κ2) is 6.49. The summed E-state index contributed by atoms with van der Waals surface area (Å²) in [6.45, 7) is 2.20. The molecular weight excluding hydrogens is 278 g/mol. The molecular formula is C13H16ClN5O. The number of benzene rings is 1. The van der Waals surface area contributed by atoms with E-state index in [2.05, 4.69) is 15.4 Å². The molecule has 6 nitrogen and oxygen atoms in total. The summed E-state index contributed by atoms with van der Waals surface area (Å²) in [7, 11) is 0. The van der Waals surface area contributed by atoms with Gasteiger partial charge in [0.25, 0.3) is 0 Å². The number of rotatable bonds is 5. The lowest BCUT2D eigenvalue weighted by molar-refractivity contribution is -0.122. The Morgan fingerprint density at radius 3 is 3.00 bits per heavy atom. The molecule has 0 saturated carbocycles. The lowest BCUT2D eigenvalue weighted by Gasteiger charge is -2.13. The van der Waals surface area contributed by atoms with E-state index in [0.29, 0.717) is 18.0 Å². The molecule has 0 aliphatic rings. The van der Waals surface area contributed by atoms with Crippen LogP contribution >= 0.6 is 11.6 Å². The first-order valence-electron chi connectivity index (χ1n) is 6.28. The van der Waals surface area contributed by atoms with Crippen LogP contribution in [0.4, 0.5) is 0 Å². The number of amides is 1. The van der Waals surface area contributed by atoms with Crippen LogP contribution in [-0.2, 0) is 11.3 Å². The quantitative estimate of drug-likeness (QED) is 0.869.